The highest BCUT2D eigenvalue weighted by Gasteiger charge is 2.06. The molecule has 0 N–H and O–H groups in total. The highest BCUT2D eigenvalue weighted by atomic mass is 35.5. The van der Waals surface area contributed by atoms with Crippen LogP contribution in [0.3, 0.4) is 0 Å². The Morgan fingerprint density at radius 3 is 2.58 bits per heavy atom. The predicted molar refractivity (Wildman–Crippen MR) is 84.2 cm³/mol. The molecule has 0 saturated carbocycles. The van der Waals surface area contributed by atoms with E-state index in [2.05, 4.69) is 43.2 Å². The Hall–Kier alpha value is -1.80. The van der Waals surface area contributed by atoms with Crippen LogP contribution < -0.4 is 5.46 Å². The standard InChI is InChI=1S/C16H13BClN/c17-14-6-7-15-12(10-14)9-13(16(18)19-15)8-11-4-2-1-3-5-11/h1-7,9-10H,8,17H2. The maximum atomic E-state index is 6.28. The van der Waals surface area contributed by atoms with Crippen LogP contribution in [0.2, 0.25) is 5.15 Å². The molecule has 0 saturated heterocycles. The molecular formula is C16H13BClN. The molecule has 3 aromatic rings. The third-order valence-electron chi connectivity index (χ3n) is 3.23. The first-order valence-electron chi connectivity index (χ1n) is 6.32. The Morgan fingerprint density at radius 2 is 1.79 bits per heavy atom. The molecule has 3 heteroatoms. The van der Waals surface area contributed by atoms with Crippen LogP contribution >= 0.6 is 11.6 Å². The molecule has 0 aliphatic carbocycles. The minimum absolute atomic E-state index is 0.597. The maximum absolute atomic E-state index is 6.28. The summed E-state index contributed by atoms with van der Waals surface area (Å²) in [5.74, 6) is 0. The van der Waals surface area contributed by atoms with E-state index in [9.17, 15) is 0 Å². The fourth-order valence-corrected chi connectivity index (χ4v) is 2.47. The highest BCUT2D eigenvalue weighted by Crippen LogP contribution is 2.22. The van der Waals surface area contributed by atoms with Crippen molar-refractivity contribution in [3.8, 4) is 0 Å². The van der Waals surface area contributed by atoms with Crippen LogP contribution in [-0.4, -0.2) is 12.8 Å². The van der Waals surface area contributed by atoms with Gasteiger partial charge in [0.25, 0.3) is 0 Å². The second-order valence-electron chi connectivity index (χ2n) is 4.80. The van der Waals surface area contributed by atoms with E-state index in [1.807, 2.05) is 24.3 Å². The lowest BCUT2D eigenvalue weighted by Gasteiger charge is -2.07. The van der Waals surface area contributed by atoms with Gasteiger partial charge in [0.15, 0.2) is 0 Å². The first kappa shape index (κ1) is 12.2. The third kappa shape index (κ3) is 2.64. The van der Waals surface area contributed by atoms with Crippen molar-refractivity contribution in [2.24, 2.45) is 0 Å². The first-order chi connectivity index (χ1) is 9.22. The second-order valence-corrected chi connectivity index (χ2v) is 5.15. The van der Waals surface area contributed by atoms with Gasteiger partial charge in [-0.05, 0) is 28.6 Å². The number of pyridine rings is 1. The normalized spacial score (nSPS) is 10.8. The molecule has 1 aromatic heterocycles. The number of halogens is 1. The van der Waals surface area contributed by atoms with E-state index in [0.29, 0.717) is 5.15 Å². The Labute approximate surface area is 118 Å². The van der Waals surface area contributed by atoms with Crippen LogP contribution in [0.4, 0.5) is 0 Å². The van der Waals surface area contributed by atoms with E-state index in [4.69, 9.17) is 11.6 Å². The molecule has 2 aromatic carbocycles. The summed E-state index contributed by atoms with van der Waals surface area (Å²) in [7, 11) is 2.09. The molecule has 1 heterocycles. The number of benzene rings is 2. The molecule has 19 heavy (non-hydrogen) atoms. The van der Waals surface area contributed by atoms with Crippen LogP contribution in [0.25, 0.3) is 10.9 Å². The fraction of sp³-hybridized carbons (Fsp3) is 0.0625. The van der Waals surface area contributed by atoms with Crippen LogP contribution in [0.15, 0.2) is 54.6 Å². The lowest BCUT2D eigenvalue weighted by atomic mass is 9.94. The Kier molecular flexibility index (Phi) is 3.26. The quantitative estimate of drug-likeness (QED) is 0.513. The predicted octanol–water partition coefficient (Wildman–Crippen LogP) is 2.74. The van der Waals surface area contributed by atoms with E-state index in [-0.39, 0.29) is 0 Å². The molecule has 0 unspecified atom stereocenters. The van der Waals surface area contributed by atoms with Crippen LogP contribution in [0.1, 0.15) is 11.1 Å². The van der Waals surface area contributed by atoms with Crippen LogP contribution in [-0.2, 0) is 6.42 Å². The lowest BCUT2D eigenvalue weighted by molar-refractivity contribution is 1.17. The highest BCUT2D eigenvalue weighted by molar-refractivity contribution is 6.33. The average Bonchev–Trinajstić information content (AvgIpc) is 2.41. The van der Waals surface area contributed by atoms with Gasteiger partial charge in [-0.2, -0.15) is 0 Å². The molecule has 3 rings (SSSR count). The van der Waals surface area contributed by atoms with Crippen molar-refractivity contribution >= 4 is 35.8 Å². The number of nitrogens with zero attached hydrogens (tertiary/aromatic N) is 1. The van der Waals surface area contributed by atoms with Crippen molar-refractivity contribution in [3.05, 3.63) is 70.9 Å². The number of hydrogen-bond acceptors (Lipinski definition) is 1. The number of fused-ring (bicyclic) bond motifs is 1. The number of aromatic nitrogens is 1. The summed E-state index contributed by atoms with van der Waals surface area (Å²) < 4.78 is 0. The van der Waals surface area contributed by atoms with Crippen molar-refractivity contribution in [1.82, 2.24) is 4.98 Å². The van der Waals surface area contributed by atoms with E-state index >= 15 is 0 Å². The Morgan fingerprint density at radius 1 is 1.00 bits per heavy atom. The Balaban J connectivity index is 2.06. The van der Waals surface area contributed by atoms with Crippen molar-refractivity contribution < 1.29 is 0 Å². The topological polar surface area (TPSA) is 12.9 Å². The van der Waals surface area contributed by atoms with Crippen LogP contribution in [0.5, 0.6) is 0 Å². The van der Waals surface area contributed by atoms with Gasteiger partial charge in [-0.25, -0.2) is 4.98 Å². The van der Waals surface area contributed by atoms with Gasteiger partial charge in [0.05, 0.1) is 5.52 Å². The van der Waals surface area contributed by atoms with Crippen molar-refractivity contribution in [1.29, 1.82) is 0 Å². The summed E-state index contributed by atoms with van der Waals surface area (Å²) >= 11 is 6.28. The SMILES string of the molecule is Bc1ccc2nc(Cl)c(Cc3ccccc3)cc2c1. The third-order valence-corrected chi connectivity index (χ3v) is 3.56. The van der Waals surface area contributed by atoms with E-state index < -0.39 is 0 Å². The molecule has 0 radical (unpaired) electrons. The molecule has 92 valence electrons. The van der Waals surface area contributed by atoms with Gasteiger partial charge >= 0.3 is 0 Å². The monoisotopic (exact) mass is 265 g/mol. The smallest absolute Gasteiger partial charge is 0.139 e. The molecule has 0 spiro atoms. The van der Waals surface area contributed by atoms with Gasteiger partial charge < -0.3 is 0 Å². The largest absolute Gasteiger partial charge is 0.236 e. The van der Waals surface area contributed by atoms with Gasteiger partial charge in [-0.1, -0.05) is 59.5 Å². The lowest BCUT2D eigenvalue weighted by Crippen LogP contribution is -2.01. The van der Waals surface area contributed by atoms with Gasteiger partial charge in [-0.3, -0.25) is 0 Å². The van der Waals surface area contributed by atoms with Gasteiger partial charge in [0.1, 0.15) is 13.0 Å². The Bertz CT molecular complexity index is 725. The zero-order valence-corrected chi connectivity index (χ0v) is 11.5. The second kappa shape index (κ2) is 5.06. The van der Waals surface area contributed by atoms with Crippen molar-refractivity contribution in [3.63, 3.8) is 0 Å². The van der Waals surface area contributed by atoms with Gasteiger partial charge in [0, 0.05) is 6.42 Å². The molecule has 0 amide bonds. The number of hydrogen-bond donors (Lipinski definition) is 0. The minimum Gasteiger partial charge on any atom is -0.236 e. The van der Waals surface area contributed by atoms with E-state index in [1.54, 1.807) is 0 Å². The summed E-state index contributed by atoms with van der Waals surface area (Å²) in [6.07, 6.45) is 0.816. The van der Waals surface area contributed by atoms with Crippen molar-refractivity contribution in [2.75, 3.05) is 0 Å². The van der Waals surface area contributed by atoms with Gasteiger partial charge in [-0.15, -0.1) is 0 Å². The van der Waals surface area contributed by atoms with Gasteiger partial charge in [0.2, 0.25) is 0 Å². The van der Waals surface area contributed by atoms with E-state index in [1.165, 1.54) is 11.0 Å². The zero-order chi connectivity index (χ0) is 13.2. The molecular weight excluding hydrogens is 252 g/mol. The first-order valence-corrected chi connectivity index (χ1v) is 6.70. The summed E-state index contributed by atoms with van der Waals surface area (Å²) in [6.45, 7) is 0. The summed E-state index contributed by atoms with van der Waals surface area (Å²) in [6, 6.07) is 18.7. The molecule has 0 aliphatic heterocycles. The molecule has 0 aliphatic rings. The molecule has 0 atom stereocenters. The number of rotatable bonds is 2. The molecule has 0 bridgehead atoms. The minimum atomic E-state index is 0.597. The fourth-order valence-electron chi connectivity index (χ4n) is 2.26. The van der Waals surface area contributed by atoms with Crippen LogP contribution in [0, 0.1) is 0 Å². The zero-order valence-electron chi connectivity index (χ0n) is 10.7. The molecule has 0 fully saturated rings. The summed E-state index contributed by atoms with van der Waals surface area (Å²) in [4.78, 5) is 4.48. The maximum Gasteiger partial charge on any atom is 0.139 e. The van der Waals surface area contributed by atoms with E-state index in [0.717, 1.165) is 22.9 Å². The summed E-state index contributed by atoms with van der Waals surface area (Å²) in [5.41, 5.74) is 4.51. The van der Waals surface area contributed by atoms with Crippen molar-refractivity contribution in [2.45, 2.75) is 6.42 Å². The summed E-state index contributed by atoms with van der Waals surface area (Å²) in [5, 5.41) is 1.75. The molecule has 1 nitrogen and oxygen atoms in total. The average molecular weight is 266 g/mol.